The normalized spacial score (nSPS) is 30.4. The first-order valence-electron chi connectivity index (χ1n) is 11.1. The Balaban J connectivity index is 1.49. The van der Waals surface area contributed by atoms with Gasteiger partial charge in [0.15, 0.2) is 0 Å². The molecule has 7 heteroatoms. The molecule has 2 aliphatic heterocycles. The van der Waals surface area contributed by atoms with Gasteiger partial charge in [-0.05, 0) is 70.6 Å². The van der Waals surface area contributed by atoms with Crippen LogP contribution < -0.4 is 11.2 Å². The molecule has 2 aromatic carbocycles. The summed E-state index contributed by atoms with van der Waals surface area (Å²) in [5.74, 6) is -0.507. The van der Waals surface area contributed by atoms with E-state index in [2.05, 4.69) is 0 Å². The Kier molecular flexibility index (Phi) is 4.36. The molecule has 2 fully saturated rings. The summed E-state index contributed by atoms with van der Waals surface area (Å²) >= 11 is 0. The second-order valence-electron chi connectivity index (χ2n) is 10.7. The number of carbonyl (C=O) groups excluding carboxylic acids is 2. The summed E-state index contributed by atoms with van der Waals surface area (Å²) in [7, 11) is -0.467. The minimum absolute atomic E-state index is 0.254. The first-order valence-corrected chi connectivity index (χ1v) is 11.1. The predicted molar refractivity (Wildman–Crippen MR) is 123 cm³/mol. The van der Waals surface area contributed by atoms with E-state index in [4.69, 9.17) is 15.0 Å². The molecule has 166 valence electrons. The van der Waals surface area contributed by atoms with E-state index in [0.29, 0.717) is 24.0 Å². The van der Waals surface area contributed by atoms with E-state index in [0.717, 1.165) is 11.0 Å². The van der Waals surface area contributed by atoms with Crippen molar-refractivity contribution in [1.29, 1.82) is 0 Å². The Morgan fingerprint density at radius 2 is 1.28 bits per heavy atom. The first kappa shape index (κ1) is 21.4. The van der Waals surface area contributed by atoms with Gasteiger partial charge in [0.25, 0.3) is 11.8 Å². The van der Waals surface area contributed by atoms with E-state index in [-0.39, 0.29) is 11.8 Å². The van der Waals surface area contributed by atoms with Crippen LogP contribution in [-0.2, 0) is 14.8 Å². The van der Waals surface area contributed by atoms with Crippen LogP contribution in [0.15, 0.2) is 48.5 Å². The summed E-state index contributed by atoms with van der Waals surface area (Å²) in [5, 5.41) is 0. The van der Waals surface area contributed by atoms with Crippen molar-refractivity contribution < 1.29 is 18.9 Å². The van der Waals surface area contributed by atoms with Crippen molar-refractivity contribution in [1.82, 2.24) is 4.90 Å². The molecular weight excluding hydrogens is 403 g/mol. The van der Waals surface area contributed by atoms with Crippen molar-refractivity contribution in [3.05, 3.63) is 65.2 Å². The third-order valence-corrected chi connectivity index (χ3v) is 7.59. The number of amides is 2. The minimum Gasteiger partial charge on any atom is -0.399 e. The Bertz CT molecular complexity index is 1060. The van der Waals surface area contributed by atoms with Crippen molar-refractivity contribution in [2.75, 3.05) is 0 Å². The Hall–Kier alpha value is -2.48. The van der Waals surface area contributed by atoms with Crippen LogP contribution in [0.4, 0.5) is 0 Å². The lowest BCUT2D eigenvalue weighted by atomic mass is 9.59. The molecule has 1 aliphatic carbocycles. The van der Waals surface area contributed by atoms with Gasteiger partial charge in [0.1, 0.15) is 0 Å². The van der Waals surface area contributed by atoms with Gasteiger partial charge >= 0.3 is 7.12 Å². The minimum atomic E-state index is -0.759. The Labute approximate surface area is 189 Å². The van der Waals surface area contributed by atoms with Crippen LogP contribution in [0.2, 0.25) is 0 Å². The third kappa shape index (κ3) is 2.91. The SMILES string of the molecule is CC1(N)CC(c2ccc(B3OC(C)(C)C(C)(C)O3)cc2)(N2C(=O)c3ccccc3C2=O)C1. The molecular formula is C25H29BN2O4. The lowest BCUT2D eigenvalue weighted by Crippen LogP contribution is -2.66. The van der Waals surface area contributed by atoms with E-state index < -0.39 is 29.4 Å². The van der Waals surface area contributed by atoms with Crippen LogP contribution in [0.1, 0.15) is 73.7 Å². The fraction of sp³-hybridized carbons (Fsp3) is 0.440. The predicted octanol–water partition coefficient (Wildman–Crippen LogP) is 2.99. The number of benzene rings is 2. The van der Waals surface area contributed by atoms with E-state index >= 15 is 0 Å². The summed E-state index contributed by atoms with van der Waals surface area (Å²) in [5.41, 5.74) is 7.06. The van der Waals surface area contributed by atoms with Gasteiger partial charge in [-0.3, -0.25) is 14.5 Å². The van der Waals surface area contributed by atoms with E-state index in [1.807, 2.05) is 58.9 Å². The molecule has 5 rings (SSSR count). The van der Waals surface area contributed by atoms with Crippen molar-refractivity contribution in [2.45, 2.75) is 69.7 Å². The Morgan fingerprint density at radius 1 is 0.812 bits per heavy atom. The number of nitrogens with zero attached hydrogens (tertiary/aromatic N) is 1. The summed E-state index contributed by atoms with van der Waals surface area (Å²) in [4.78, 5) is 28.0. The molecule has 32 heavy (non-hydrogen) atoms. The van der Waals surface area contributed by atoms with E-state index in [1.165, 1.54) is 4.90 Å². The van der Waals surface area contributed by atoms with Gasteiger partial charge in [-0.1, -0.05) is 36.4 Å². The first-order chi connectivity index (χ1) is 14.9. The van der Waals surface area contributed by atoms with Crippen LogP contribution in [0.25, 0.3) is 0 Å². The molecule has 0 unspecified atom stereocenters. The van der Waals surface area contributed by atoms with Crippen molar-refractivity contribution in [3.63, 3.8) is 0 Å². The molecule has 0 radical (unpaired) electrons. The smallest absolute Gasteiger partial charge is 0.399 e. The van der Waals surface area contributed by atoms with Crippen LogP contribution in [0, 0.1) is 0 Å². The average Bonchev–Trinajstić information content (AvgIpc) is 3.09. The molecule has 0 spiro atoms. The van der Waals surface area contributed by atoms with Crippen molar-refractivity contribution in [3.8, 4) is 0 Å². The van der Waals surface area contributed by atoms with Crippen molar-refractivity contribution in [2.24, 2.45) is 5.73 Å². The van der Waals surface area contributed by atoms with Gasteiger partial charge in [0.2, 0.25) is 0 Å². The van der Waals surface area contributed by atoms with E-state index in [9.17, 15) is 9.59 Å². The highest BCUT2D eigenvalue weighted by Crippen LogP contribution is 2.53. The van der Waals surface area contributed by atoms with Gasteiger partial charge < -0.3 is 15.0 Å². The molecule has 0 aromatic heterocycles. The molecule has 2 heterocycles. The topological polar surface area (TPSA) is 81.9 Å². The van der Waals surface area contributed by atoms with Gasteiger partial charge in [-0.15, -0.1) is 0 Å². The van der Waals surface area contributed by atoms with Gasteiger partial charge in [-0.25, -0.2) is 0 Å². The van der Waals surface area contributed by atoms with Gasteiger partial charge in [-0.2, -0.15) is 0 Å². The zero-order valence-corrected chi connectivity index (χ0v) is 19.3. The highest BCUT2D eigenvalue weighted by Gasteiger charge is 2.60. The summed E-state index contributed by atoms with van der Waals surface area (Å²) < 4.78 is 12.3. The van der Waals surface area contributed by atoms with Crippen LogP contribution in [0.3, 0.4) is 0 Å². The highest BCUT2D eigenvalue weighted by molar-refractivity contribution is 6.62. The number of nitrogens with two attached hydrogens (primary N) is 1. The quantitative estimate of drug-likeness (QED) is 0.596. The molecule has 6 nitrogen and oxygen atoms in total. The standard InChI is InChI=1S/C25H29BN2O4/c1-22(2)23(3,4)32-26(31-22)17-12-10-16(11-13-17)25(14-24(5,27)15-25)28-20(29)18-8-6-7-9-19(18)21(28)30/h6-13H,14-15,27H2,1-5H3. The largest absolute Gasteiger partial charge is 0.494 e. The molecule has 2 N–H and O–H groups in total. The van der Waals surface area contributed by atoms with Gasteiger partial charge in [0.05, 0.1) is 27.9 Å². The number of rotatable bonds is 3. The van der Waals surface area contributed by atoms with E-state index in [1.54, 1.807) is 24.3 Å². The molecule has 2 amide bonds. The lowest BCUT2D eigenvalue weighted by Gasteiger charge is -2.56. The average molecular weight is 432 g/mol. The second-order valence-corrected chi connectivity index (χ2v) is 10.7. The summed E-state index contributed by atoms with van der Waals surface area (Å²) in [6.07, 6.45) is 1.03. The zero-order valence-electron chi connectivity index (χ0n) is 19.3. The molecule has 1 saturated carbocycles. The van der Waals surface area contributed by atoms with Gasteiger partial charge in [0, 0.05) is 5.54 Å². The summed E-state index contributed by atoms with van der Waals surface area (Å²) in [6, 6.07) is 14.9. The molecule has 3 aliphatic rings. The maximum Gasteiger partial charge on any atom is 0.494 e. The second kappa shape index (κ2) is 6.53. The lowest BCUT2D eigenvalue weighted by molar-refractivity contribution is -0.0124. The third-order valence-electron chi connectivity index (χ3n) is 7.59. The number of fused-ring (bicyclic) bond motifs is 1. The molecule has 0 atom stereocenters. The van der Waals surface area contributed by atoms with Crippen molar-refractivity contribution >= 4 is 24.4 Å². The number of hydrogen-bond acceptors (Lipinski definition) is 5. The number of hydrogen-bond donors (Lipinski definition) is 1. The maximum atomic E-state index is 13.3. The monoisotopic (exact) mass is 432 g/mol. The fourth-order valence-electron chi connectivity index (χ4n) is 5.28. The number of carbonyl (C=O) groups is 2. The number of imide groups is 1. The van der Waals surface area contributed by atoms with Crippen LogP contribution >= 0.6 is 0 Å². The molecule has 0 bridgehead atoms. The van der Waals surface area contributed by atoms with Crippen LogP contribution in [-0.4, -0.2) is 40.6 Å². The Morgan fingerprint density at radius 3 is 1.72 bits per heavy atom. The van der Waals surface area contributed by atoms with Crippen LogP contribution in [0.5, 0.6) is 0 Å². The highest BCUT2D eigenvalue weighted by atomic mass is 16.7. The molecule has 2 aromatic rings. The zero-order chi connectivity index (χ0) is 23.1. The summed E-state index contributed by atoms with van der Waals surface area (Å²) in [6.45, 7) is 10.1. The molecule has 1 saturated heterocycles. The maximum absolute atomic E-state index is 13.3. The fourth-order valence-corrected chi connectivity index (χ4v) is 5.28.